The molecule has 2 nitrogen and oxygen atoms in total. The summed E-state index contributed by atoms with van der Waals surface area (Å²) in [7, 11) is 0. The fraction of sp³-hybridized carbons (Fsp3) is 0.667. The molecule has 0 atom stereocenters. The predicted octanol–water partition coefficient (Wildman–Crippen LogP) is -0.275. The van der Waals surface area contributed by atoms with Crippen molar-refractivity contribution in [1.82, 2.24) is 5.48 Å². The number of hydrogen-bond donors (Lipinski definition) is 1. The minimum absolute atomic E-state index is 0.764. The highest BCUT2D eigenvalue weighted by Gasteiger charge is 1.93. The summed E-state index contributed by atoms with van der Waals surface area (Å²) in [6.07, 6.45) is 2.03. The van der Waals surface area contributed by atoms with Gasteiger partial charge in [-0.3, -0.25) is 0 Å². The molecule has 0 aromatic heterocycles. The van der Waals surface area contributed by atoms with Gasteiger partial charge in [-0.25, -0.2) is 5.48 Å². The fourth-order valence-corrected chi connectivity index (χ4v) is 0.295. The van der Waals surface area contributed by atoms with Crippen molar-refractivity contribution < 1.29 is 4.84 Å². The molecule has 1 fully saturated rings. The van der Waals surface area contributed by atoms with Crippen molar-refractivity contribution in [2.24, 2.45) is 0 Å². The Balaban J connectivity index is 2.08. The summed E-state index contributed by atoms with van der Waals surface area (Å²) >= 11 is 0. The van der Waals surface area contributed by atoms with E-state index < -0.39 is 0 Å². The van der Waals surface area contributed by atoms with Gasteiger partial charge in [0.05, 0.1) is 6.61 Å². The second-order valence-corrected chi connectivity index (χ2v) is 0.948. The van der Waals surface area contributed by atoms with Crippen LogP contribution < -0.4 is 5.48 Å². The largest absolute Gasteiger partial charge is 0.301 e. The molecule has 1 heterocycles. The first kappa shape index (κ1) is 3.12. The first-order valence-corrected chi connectivity index (χ1v) is 1.66. The minimum atomic E-state index is 0.764. The molecule has 29 valence electrons. The van der Waals surface area contributed by atoms with Crippen LogP contribution in [-0.4, -0.2) is 13.2 Å². The van der Waals surface area contributed by atoms with E-state index in [-0.39, 0.29) is 0 Å². The van der Waals surface area contributed by atoms with E-state index in [1.54, 1.807) is 0 Å². The molecule has 0 saturated carbocycles. The predicted molar refractivity (Wildman–Crippen MR) is 18.3 cm³/mol. The molecule has 0 aromatic rings. The van der Waals surface area contributed by atoms with Crippen LogP contribution in [0.2, 0.25) is 0 Å². The van der Waals surface area contributed by atoms with E-state index in [2.05, 4.69) is 10.3 Å². The number of hydroxylamine groups is 1. The summed E-state index contributed by atoms with van der Waals surface area (Å²) in [6, 6.07) is 0. The molecular weight excluding hydrogens is 66.0 g/mol. The van der Waals surface area contributed by atoms with Crippen LogP contribution in [0.3, 0.4) is 0 Å². The van der Waals surface area contributed by atoms with Crippen molar-refractivity contribution in [3.05, 3.63) is 6.42 Å². The summed E-state index contributed by atoms with van der Waals surface area (Å²) in [6.45, 7) is 1.67. The molecule has 1 N–H and O–H groups in total. The third-order valence-corrected chi connectivity index (χ3v) is 0.531. The SMILES string of the molecule is [CH]1CNOC1. The van der Waals surface area contributed by atoms with Crippen molar-refractivity contribution in [3.63, 3.8) is 0 Å². The molecule has 1 aliphatic rings. The van der Waals surface area contributed by atoms with E-state index >= 15 is 0 Å². The molecular formula is C3H6NO. The van der Waals surface area contributed by atoms with E-state index in [0.717, 1.165) is 13.2 Å². The lowest BCUT2D eigenvalue weighted by Crippen LogP contribution is -2.01. The Kier molecular flexibility index (Phi) is 0.862. The Bertz CT molecular complexity index is 18.5. The summed E-state index contributed by atoms with van der Waals surface area (Å²) in [5, 5.41) is 0. The summed E-state index contributed by atoms with van der Waals surface area (Å²) in [5.41, 5.74) is 2.67. The molecule has 0 amide bonds. The normalized spacial score (nSPS) is 24.0. The highest BCUT2D eigenvalue weighted by atomic mass is 16.6. The Morgan fingerprint density at radius 3 is 3.00 bits per heavy atom. The second kappa shape index (κ2) is 1.38. The van der Waals surface area contributed by atoms with Crippen molar-refractivity contribution >= 4 is 0 Å². The van der Waals surface area contributed by atoms with Gasteiger partial charge in [0, 0.05) is 13.0 Å². The van der Waals surface area contributed by atoms with Crippen LogP contribution in [-0.2, 0) is 4.84 Å². The van der Waals surface area contributed by atoms with Gasteiger partial charge in [0.15, 0.2) is 0 Å². The maximum atomic E-state index is 4.64. The van der Waals surface area contributed by atoms with Crippen LogP contribution in [0.25, 0.3) is 0 Å². The van der Waals surface area contributed by atoms with Gasteiger partial charge in [-0.05, 0) is 0 Å². The molecule has 0 bridgehead atoms. The van der Waals surface area contributed by atoms with Crippen molar-refractivity contribution in [2.75, 3.05) is 13.2 Å². The average Bonchev–Trinajstić information content (AvgIpc) is 1.76. The molecule has 0 spiro atoms. The van der Waals surface area contributed by atoms with Gasteiger partial charge in [0.2, 0.25) is 0 Å². The molecule has 0 aliphatic carbocycles. The van der Waals surface area contributed by atoms with Gasteiger partial charge in [0.25, 0.3) is 0 Å². The Morgan fingerprint density at radius 2 is 2.80 bits per heavy atom. The van der Waals surface area contributed by atoms with Gasteiger partial charge < -0.3 is 4.84 Å². The van der Waals surface area contributed by atoms with Crippen molar-refractivity contribution in [3.8, 4) is 0 Å². The summed E-state index contributed by atoms with van der Waals surface area (Å²) in [5.74, 6) is 0. The second-order valence-electron chi connectivity index (χ2n) is 0.948. The van der Waals surface area contributed by atoms with E-state index in [1.807, 2.05) is 6.42 Å². The maximum Gasteiger partial charge on any atom is 0.0727 e. The number of rotatable bonds is 0. The lowest BCUT2D eigenvalue weighted by Gasteiger charge is -1.79. The van der Waals surface area contributed by atoms with Gasteiger partial charge in [0.1, 0.15) is 0 Å². The third-order valence-electron chi connectivity index (χ3n) is 0.531. The number of nitrogens with one attached hydrogen (secondary N) is 1. The first-order valence-electron chi connectivity index (χ1n) is 1.66. The van der Waals surface area contributed by atoms with Crippen LogP contribution in [0.4, 0.5) is 0 Å². The Morgan fingerprint density at radius 1 is 1.80 bits per heavy atom. The Hall–Kier alpha value is -0.0800. The van der Waals surface area contributed by atoms with Gasteiger partial charge >= 0.3 is 0 Å². The lowest BCUT2D eigenvalue weighted by atomic mass is 10.5. The van der Waals surface area contributed by atoms with Crippen molar-refractivity contribution in [2.45, 2.75) is 0 Å². The first-order chi connectivity index (χ1) is 2.50. The smallest absolute Gasteiger partial charge is 0.0727 e. The molecule has 1 saturated heterocycles. The van der Waals surface area contributed by atoms with Crippen LogP contribution in [0.1, 0.15) is 0 Å². The molecule has 0 unspecified atom stereocenters. The lowest BCUT2D eigenvalue weighted by molar-refractivity contribution is 0.106. The van der Waals surface area contributed by atoms with Crippen molar-refractivity contribution in [1.29, 1.82) is 0 Å². The molecule has 0 aromatic carbocycles. The molecule has 2 heteroatoms. The maximum absolute atomic E-state index is 4.64. The van der Waals surface area contributed by atoms with E-state index in [4.69, 9.17) is 0 Å². The summed E-state index contributed by atoms with van der Waals surface area (Å²) in [4.78, 5) is 4.64. The van der Waals surface area contributed by atoms with Crippen LogP contribution in [0, 0.1) is 6.42 Å². The van der Waals surface area contributed by atoms with Crippen LogP contribution in [0.5, 0.6) is 0 Å². The topological polar surface area (TPSA) is 21.3 Å². The minimum Gasteiger partial charge on any atom is -0.301 e. The van der Waals surface area contributed by atoms with E-state index in [9.17, 15) is 0 Å². The average molecular weight is 72.1 g/mol. The van der Waals surface area contributed by atoms with Gasteiger partial charge in [-0.15, -0.1) is 0 Å². The zero-order valence-electron chi connectivity index (χ0n) is 2.90. The summed E-state index contributed by atoms with van der Waals surface area (Å²) < 4.78 is 0. The van der Waals surface area contributed by atoms with Crippen LogP contribution in [0.15, 0.2) is 0 Å². The molecule has 1 radical (unpaired) electrons. The van der Waals surface area contributed by atoms with Gasteiger partial charge in [-0.1, -0.05) is 0 Å². The molecule has 5 heavy (non-hydrogen) atoms. The Labute approximate surface area is 31.1 Å². The van der Waals surface area contributed by atoms with E-state index in [1.165, 1.54) is 0 Å². The molecule has 1 aliphatic heterocycles. The monoisotopic (exact) mass is 72.0 g/mol. The molecule has 1 rings (SSSR count). The van der Waals surface area contributed by atoms with Crippen LogP contribution >= 0.6 is 0 Å². The van der Waals surface area contributed by atoms with Gasteiger partial charge in [-0.2, -0.15) is 0 Å². The quantitative estimate of drug-likeness (QED) is 0.425. The number of hydrogen-bond acceptors (Lipinski definition) is 2. The standard InChI is InChI=1S/C3H6NO/c1-2-4-5-3-1/h1,4H,2-3H2. The van der Waals surface area contributed by atoms with E-state index in [0.29, 0.717) is 0 Å². The third kappa shape index (κ3) is 0.597. The fourth-order valence-electron chi connectivity index (χ4n) is 0.295. The zero-order chi connectivity index (χ0) is 3.54. The highest BCUT2D eigenvalue weighted by Crippen LogP contribution is 1.81. The zero-order valence-corrected chi connectivity index (χ0v) is 2.90. The highest BCUT2D eigenvalue weighted by molar-refractivity contribution is 4.67.